The normalized spacial score (nSPS) is 17.1. The van der Waals surface area contributed by atoms with Gasteiger partial charge in [0, 0.05) is 13.1 Å². The summed E-state index contributed by atoms with van der Waals surface area (Å²) in [5, 5.41) is 9.35. The van der Waals surface area contributed by atoms with E-state index in [-0.39, 0.29) is 0 Å². The third-order valence-electron chi connectivity index (χ3n) is 3.40. The Morgan fingerprint density at radius 3 is 2.67 bits per heavy atom. The Bertz CT molecular complexity index is 530. The van der Waals surface area contributed by atoms with Crippen LogP contribution in [0.2, 0.25) is 0 Å². The van der Waals surface area contributed by atoms with E-state index in [4.69, 9.17) is 0 Å². The van der Waals surface area contributed by atoms with E-state index < -0.39 is 0 Å². The Morgan fingerprint density at radius 1 is 1.17 bits per heavy atom. The van der Waals surface area contributed by atoms with Crippen molar-refractivity contribution in [2.75, 3.05) is 24.2 Å². The SMILES string of the molecule is CSc1n[nH]c2ncnc(N3CCCCCC3)c12. The van der Waals surface area contributed by atoms with Crippen LogP contribution >= 0.6 is 11.8 Å². The van der Waals surface area contributed by atoms with Crippen molar-refractivity contribution in [3.05, 3.63) is 6.33 Å². The maximum Gasteiger partial charge on any atom is 0.161 e. The predicted octanol–water partition coefficient (Wildman–Crippen LogP) is 2.46. The first-order valence-corrected chi connectivity index (χ1v) is 7.60. The smallest absolute Gasteiger partial charge is 0.161 e. The summed E-state index contributed by atoms with van der Waals surface area (Å²) >= 11 is 1.64. The highest BCUT2D eigenvalue weighted by Gasteiger charge is 2.18. The molecule has 1 aliphatic heterocycles. The number of aromatic amines is 1. The van der Waals surface area contributed by atoms with Crippen molar-refractivity contribution in [1.82, 2.24) is 20.2 Å². The molecule has 2 aromatic heterocycles. The van der Waals surface area contributed by atoms with Crippen molar-refractivity contribution < 1.29 is 0 Å². The van der Waals surface area contributed by atoms with Gasteiger partial charge < -0.3 is 4.90 Å². The molecular formula is C12H17N5S. The Morgan fingerprint density at radius 2 is 1.94 bits per heavy atom. The number of nitrogens with one attached hydrogen (secondary N) is 1. The fourth-order valence-electron chi connectivity index (χ4n) is 2.49. The summed E-state index contributed by atoms with van der Waals surface area (Å²) in [6.45, 7) is 2.18. The van der Waals surface area contributed by atoms with Crippen LogP contribution in [0.25, 0.3) is 11.0 Å². The summed E-state index contributed by atoms with van der Waals surface area (Å²) in [6, 6.07) is 0. The highest BCUT2D eigenvalue weighted by Crippen LogP contribution is 2.30. The highest BCUT2D eigenvalue weighted by atomic mass is 32.2. The number of aromatic nitrogens is 4. The monoisotopic (exact) mass is 263 g/mol. The molecule has 5 nitrogen and oxygen atoms in total. The van der Waals surface area contributed by atoms with E-state index in [1.807, 2.05) is 6.26 Å². The molecule has 0 saturated carbocycles. The molecule has 1 N–H and O–H groups in total. The molecular weight excluding hydrogens is 246 g/mol. The molecule has 6 heteroatoms. The molecule has 3 heterocycles. The van der Waals surface area contributed by atoms with Gasteiger partial charge in [0.25, 0.3) is 0 Å². The van der Waals surface area contributed by atoms with Crippen molar-refractivity contribution >= 4 is 28.6 Å². The van der Waals surface area contributed by atoms with Crippen molar-refractivity contribution in [2.24, 2.45) is 0 Å². The van der Waals surface area contributed by atoms with Gasteiger partial charge in [-0.3, -0.25) is 5.10 Å². The summed E-state index contributed by atoms with van der Waals surface area (Å²) in [6.07, 6.45) is 8.81. The van der Waals surface area contributed by atoms with E-state index in [1.165, 1.54) is 25.7 Å². The van der Waals surface area contributed by atoms with Crippen LogP contribution in [0, 0.1) is 0 Å². The van der Waals surface area contributed by atoms with Gasteiger partial charge in [-0.25, -0.2) is 9.97 Å². The average Bonchev–Trinajstić information content (AvgIpc) is 2.65. The second kappa shape index (κ2) is 5.14. The molecule has 0 unspecified atom stereocenters. The third kappa shape index (κ3) is 2.05. The van der Waals surface area contributed by atoms with Crippen LogP contribution in [0.1, 0.15) is 25.7 Å². The molecule has 0 aliphatic carbocycles. The van der Waals surface area contributed by atoms with Gasteiger partial charge in [0.05, 0.1) is 5.39 Å². The number of thioether (sulfide) groups is 1. The molecule has 0 spiro atoms. The molecule has 0 atom stereocenters. The number of nitrogens with zero attached hydrogens (tertiary/aromatic N) is 4. The number of H-pyrrole nitrogens is 1. The van der Waals surface area contributed by atoms with Crippen LogP contribution in [-0.4, -0.2) is 39.5 Å². The highest BCUT2D eigenvalue weighted by molar-refractivity contribution is 7.98. The van der Waals surface area contributed by atoms with Crippen LogP contribution in [0.5, 0.6) is 0 Å². The number of hydrogen-bond donors (Lipinski definition) is 1. The van der Waals surface area contributed by atoms with Crippen molar-refractivity contribution in [2.45, 2.75) is 30.7 Å². The topological polar surface area (TPSA) is 57.7 Å². The third-order valence-corrected chi connectivity index (χ3v) is 4.09. The van der Waals surface area contributed by atoms with Crippen LogP contribution in [0.3, 0.4) is 0 Å². The average molecular weight is 263 g/mol. The van der Waals surface area contributed by atoms with Crippen LogP contribution in [0.4, 0.5) is 5.82 Å². The van der Waals surface area contributed by atoms with Crippen molar-refractivity contribution in [1.29, 1.82) is 0 Å². The molecule has 1 fully saturated rings. The minimum absolute atomic E-state index is 0.841. The first kappa shape index (κ1) is 11.8. The Kier molecular flexibility index (Phi) is 3.36. The summed E-state index contributed by atoms with van der Waals surface area (Å²) in [5.41, 5.74) is 0.841. The van der Waals surface area contributed by atoms with Gasteiger partial charge in [0.2, 0.25) is 0 Å². The molecule has 1 aliphatic rings. The molecule has 1 saturated heterocycles. The minimum atomic E-state index is 0.841. The van der Waals surface area contributed by atoms with E-state index in [0.717, 1.165) is 35.0 Å². The number of anilines is 1. The molecule has 0 bridgehead atoms. The second-order valence-electron chi connectivity index (χ2n) is 4.56. The molecule has 3 rings (SSSR count). The van der Waals surface area contributed by atoms with E-state index in [9.17, 15) is 0 Å². The molecule has 0 aromatic carbocycles. The van der Waals surface area contributed by atoms with Crippen LogP contribution < -0.4 is 4.90 Å². The van der Waals surface area contributed by atoms with Gasteiger partial charge in [0.15, 0.2) is 5.65 Å². The number of rotatable bonds is 2. The Labute approximate surface area is 110 Å². The zero-order valence-electron chi connectivity index (χ0n) is 10.5. The largest absolute Gasteiger partial charge is 0.356 e. The molecule has 2 aromatic rings. The summed E-state index contributed by atoms with van der Waals surface area (Å²) in [5.74, 6) is 1.04. The molecule has 0 amide bonds. The van der Waals surface area contributed by atoms with E-state index in [1.54, 1.807) is 18.1 Å². The van der Waals surface area contributed by atoms with E-state index >= 15 is 0 Å². The fraction of sp³-hybridized carbons (Fsp3) is 0.583. The van der Waals surface area contributed by atoms with E-state index in [0.29, 0.717) is 0 Å². The second-order valence-corrected chi connectivity index (χ2v) is 5.35. The Hall–Kier alpha value is -1.30. The lowest BCUT2D eigenvalue weighted by molar-refractivity contribution is 0.726. The zero-order chi connectivity index (χ0) is 12.4. The van der Waals surface area contributed by atoms with Gasteiger partial charge >= 0.3 is 0 Å². The lowest BCUT2D eigenvalue weighted by atomic mass is 10.2. The Balaban J connectivity index is 2.06. The van der Waals surface area contributed by atoms with Gasteiger partial charge in [0.1, 0.15) is 17.2 Å². The van der Waals surface area contributed by atoms with Gasteiger partial charge in [-0.1, -0.05) is 12.8 Å². The maximum absolute atomic E-state index is 4.49. The summed E-state index contributed by atoms with van der Waals surface area (Å²) in [4.78, 5) is 11.1. The van der Waals surface area contributed by atoms with Gasteiger partial charge in [-0.2, -0.15) is 5.10 Å². The lowest BCUT2D eigenvalue weighted by Crippen LogP contribution is -2.25. The van der Waals surface area contributed by atoms with Crippen molar-refractivity contribution in [3.63, 3.8) is 0 Å². The molecule has 96 valence electrons. The summed E-state index contributed by atoms with van der Waals surface area (Å²) in [7, 11) is 0. The number of fused-ring (bicyclic) bond motifs is 1. The summed E-state index contributed by atoms with van der Waals surface area (Å²) < 4.78 is 0. The number of hydrogen-bond acceptors (Lipinski definition) is 5. The molecule has 0 radical (unpaired) electrons. The first-order chi connectivity index (χ1) is 8.90. The standard InChI is InChI=1S/C12H17N5S/c1-18-12-9-10(15-16-12)13-8-14-11(9)17-6-4-2-3-5-7-17/h8H,2-7H2,1H3,(H,13,14,15,16). The lowest BCUT2D eigenvalue weighted by Gasteiger charge is -2.21. The quantitative estimate of drug-likeness (QED) is 0.843. The fourth-order valence-corrected chi connectivity index (χ4v) is 3.02. The first-order valence-electron chi connectivity index (χ1n) is 6.38. The molecule has 18 heavy (non-hydrogen) atoms. The predicted molar refractivity (Wildman–Crippen MR) is 74.1 cm³/mol. The minimum Gasteiger partial charge on any atom is -0.356 e. The van der Waals surface area contributed by atoms with Crippen LogP contribution in [0.15, 0.2) is 11.4 Å². The zero-order valence-corrected chi connectivity index (χ0v) is 11.3. The maximum atomic E-state index is 4.49. The van der Waals surface area contributed by atoms with Gasteiger partial charge in [-0.05, 0) is 19.1 Å². The van der Waals surface area contributed by atoms with Gasteiger partial charge in [-0.15, -0.1) is 11.8 Å². The van der Waals surface area contributed by atoms with Crippen LogP contribution in [-0.2, 0) is 0 Å². The van der Waals surface area contributed by atoms with Crippen molar-refractivity contribution in [3.8, 4) is 0 Å². The van der Waals surface area contributed by atoms with E-state index in [2.05, 4.69) is 25.1 Å².